The minimum Gasteiger partial charge on any atom is -0.496 e. The van der Waals surface area contributed by atoms with Crippen LogP contribution in [0.4, 0.5) is 0 Å². The molecule has 0 aliphatic carbocycles. The molecule has 1 aromatic heterocycles. The molecule has 0 aliphatic heterocycles. The Labute approximate surface area is 100 Å². The first-order valence-electron chi connectivity index (χ1n) is 5.42. The number of aromatic nitrogens is 1. The second kappa shape index (κ2) is 4.59. The van der Waals surface area contributed by atoms with Gasteiger partial charge in [0.1, 0.15) is 17.0 Å². The molecule has 0 atom stereocenters. The Morgan fingerprint density at radius 2 is 1.82 bits per heavy atom. The summed E-state index contributed by atoms with van der Waals surface area (Å²) in [6.07, 6.45) is 0. The fourth-order valence-electron chi connectivity index (χ4n) is 1.90. The summed E-state index contributed by atoms with van der Waals surface area (Å²) >= 11 is 0. The number of hydrogen-bond donors (Lipinski definition) is 1. The van der Waals surface area contributed by atoms with Crippen LogP contribution in [0.1, 0.15) is 11.3 Å². The first kappa shape index (κ1) is 11.7. The summed E-state index contributed by atoms with van der Waals surface area (Å²) in [6.45, 7) is 2.41. The van der Waals surface area contributed by atoms with Crippen molar-refractivity contribution in [2.75, 3.05) is 14.2 Å². The molecule has 0 bridgehead atoms. The number of aryl methyl sites for hydroxylation is 1. The van der Waals surface area contributed by atoms with Crippen molar-refractivity contribution in [1.82, 2.24) is 4.98 Å². The zero-order valence-corrected chi connectivity index (χ0v) is 10.3. The van der Waals surface area contributed by atoms with Crippen LogP contribution < -0.4 is 15.2 Å². The van der Waals surface area contributed by atoms with Crippen molar-refractivity contribution in [3.63, 3.8) is 0 Å². The smallest absolute Gasteiger partial charge is 0.145 e. The zero-order valence-electron chi connectivity index (χ0n) is 10.3. The summed E-state index contributed by atoms with van der Waals surface area (Å²) in [5.41, 5.74) is 8.40. The maximum absolute atomic E-state index is 5.67. The molecule has 4 nitrogen and oxygen atoms in total. The van der Waals surface area contributed by atoms with Crippen molar-refractivity contribution in [2.45, 2.75) is 13.5 Å². The van der Waals surface area contributed by atoms with Gasteiger partial charge in [-0.15, -0.1) is 0 Å². The molecule has 17 heavy (non-hydrogen) atoms. The summed E-state index contributed by atoms with van der Waals surface area (Å²) in [4.78, 5) is 4.54. The third-order valence-electron chi connectivity index (χ3n) is 2.84. The highest BCUT2D eigenvalue weighted by atomic mass is 16.5. The molecule has 2 rings (SSSR count). The Kier molecular flexibility index (Phi) is 3.15. The Morgan fingerprint density at radius 3 is 2.41 bits per heavy atom. The van der Waals surface area contributed by atoms with Crippen LogP contribution in [-0.4, -0.2) is 19.2 Å². The minimum atomic E-state index is 0.419. The van der Waals surface area contributed by atoms with Gasteiger partial charge in [0.15, 0.2) is 0 Å². The van der Waals surface area contributed by atoms with Gasteiger partial charge in [-0.3, -0.25) is 0 Å². The molecule has 0 fully saturated rings. The van der Waals surface area contributed by atoms with Gasteiger partial charge in [0.25, 0.3) is 0 Å². The van der Waals surface area contributed by atoms with Crippen molar-refractivity contribution < 1.29 is 9.47 Å². The highest BCUT2D eigenvalue weighted by molar-refractivity contribution is 5.90. The van der Waals surface area contributed by atoms with Crippen LogP contribution >= 0.6 is 0 Å². The molecule has 0 amide bonds. The summed E-state index contributed by atoms with van der Waals surface area (Å²) in [7, 11) is 3.28. The van der Waals surface area contributed by atoms with Crippen LogP contribution in [0.15, 0.2) is 18.2 Å². The second-order valence-corrected chi connectivity index (χ2v) is 3.82. The molecule has 2 aromatic rings. The summed E-state index contributed by atoms with van der Waals surface area (Å²) in [6, 6.07) is 5.76. The maximum atomic E-state index is 5.67. The van der Waals surface area contributed by atoms with E-state index in [0.717, 1.165) is 33.7 Å². The van der Waals surface area contributed by atoms with Crippen LogP contribution in [0.3, 0.4) is 0 Å². The molecule has 90 valence electrons. The third-order valence-corrected chi connectivity index (χ3v) is 2.84. The summed E-state index contributed by atoms with van der Waals surface area (Å²) in [5.74, 6) is 1.52. The number of nitrogens with two attached hydrogens (primary N) is 1. The van der Waals surface area contributed by atoms with E-state index < -0.39 is 0 Å². The monoisotopic (exact) mass is 232 g/mol. The van der Waals surface area contributed by atoms with Crippen molar-refractivity contribution in [2.24, 2.45) is 5.73 Å². The predicted molar refractivity (Wildman–Crippen MR) is 67.5 cm³/mol. The maximum Gasteiger partial charge on any atom is 0.145 e. The lowest BCUT2D eigenvalue weighted by Gasteiger charge is -2.11. The van der Waals surface area contributed by atoms with E-state index in [2.05, 4.69) is 4.98 Å². The second-order valence-electron chi connectivity index (χ2n) is 3.82. The number of methoxy groups -OCH3 is 2. The van der Waals surface area contributed by atoms with Crippen LogP contribution in [0.2, 0.25) is 0 Å². The van der Waals surface area contributed by atoms with Gasteiger partial charge in [-0.25, -0.2) is 4.98 Å². The van der Waals surface area contributed by atoms with E-state index in [1.54, 1.807) is 14.2 Å². The fraction of sp³-hybridized carbons (Fsp3) is 0.308. The number of rotatable bonds is 3. The van der Waals surface area contributed by atoms with Crippen molar-refractivity contribution in [3.05, 3.63) is 29.5 Å². The number of pyridine rings is 1. The lowest BCUT2D eigenvalue weighted by atomic mass is 10.1. The van der Waals surface area contributed by atoms with E-state index in [-0.39, 0.29) is 0 Å². The Bertz CT molecular complexity index is 553. The molecule has 1 heterocycles. The molecule has 0 saturated carbocycles. The number of fused-ring (bicyclic) bond motifs is 1. The fourth-order valence-corrected chi connectivity index (χ4v) is 1.90. The topological polar surface area (TPSA) is 57.4 Å². The SMILES string of the molecule is COc1ccc(OC)c2nc(CN)c(C)cc12. The number of ether oxygens (including phenoxy) is 2. The van der Waals surface area contributed by atoms with Gasteiger partial charge in [-0.05, 0) is 30.7 Å². The van der Waals surface area contributed by atoms with Crippen molar-refractivity contribution in [1.29, 1.82) is 0 Å². The Morgan fingerprint density at radius 1 is 1.18 bits per heavy atom. The summed E-state index contributed by atoms with van der Waals surface area (Å²) in [5, 5.41) is 0.946. The van der Waals surface area contributed by atoms with Crippen LogP contribution in [0.25, 0.3) is 10.9 Å². The normalized spacial score (nSPS) is 10.6. The summed E-state index contributed by atoms with van der Waals surface area (Å²) < 4.78 is 10.6. The molecule has 4 heteroatoms. The first-order valence-corrected chi connectivity index (χ1v) is 5.42. The molecule has 1 aromatic carbocycles. The number of nitrogens with zero attached hydrogens (tertiary/aromatic N) is 1. The van der Waals surface area contributed by atoms with Crippen LogP contribution in [0, 0.1) is 6.92 Å². The zero-order chi connectivity index (χ0) is 12.4. The van der Waals surface area contributed by atoms with Gasteiger partial charge in [0, 0.05) is 11.9 Å². The van der Waals surface area contributed by atoms with Crippen LogP contribution in [-0.2, 0) is 6.54 Å². The molecule has 0 saturated heterocycles. The Hall–Kier alpha value is -1.81. The average molecular weight is 232 g/mol. The van der Waals surface area contributed by atoms with Gasteiger partial charge in [-0.2, -0.15) is 0 Å². The molecule has 0 aliphatic rings. The van der Waals surface area contributed by atoms with Gasteiger partial charge < -0.3 is 15.2 Å². The van der Waals surface area contributed by atoms with E-state index >= 15 is 0 Å². The number of benzene rings is 1. The molecular weight excluding hydrogens is 216 g/mol. The Balaban J connectivity index is 2.81. The van der Waals surface area contributed by atoms with E-state index in [0.29, 0.717) is 6.54 Å². The third kappa shape index (κ3) is 1.91. The van der Waals surface area contributed by atoms with E-state index in [4.69, 9.17) is 15.2 Å². The van der Waals surface area contributed by atoms with Gasteiger partial charge in [0.05, 0.1) is 19.9 Å². The molecule has 0 radical (unpaired) electrons. The standard InChI is InChI=1S/C13H16N2O2/c1-8-6-9-11(16-2)4-5-12(17-3)13(9)15-10(8)7-14/h4-6H,7,14H2,1-3H3. The van der Waals surface area contributed by atoms with E-state index in [1.165, 1.54) is 0 Å². The molecule has 2 N–H and O–H groups in total. The predicted octanol–water partition coefficient (Wildman–Crippen LogP) is 2.02. The van der Waals surface area contributed by atoms with E-state index in [1.807, 2.05) is 25.1 Å². The average Bonchev–Trinajstić information content (AvgIpc) is 2.36. The molecule has 0 unspecified atom stereocenters. The van der Waals surface area contributed by atoms with Crippen molar-refractivity contribution >= 4 is 10.9 Å². The number of hydrogen-bond acceptors (Lipinski definition) is 4. The lowest BCUT2D eigenvalue weighted by molar-refractivity contribution is 0.409. The lowest BCUT2D eigenvalue weighted by Crippen LogP contribution is -2.03. The first-order chi connectivity index (χ1) is 8.21. The quantitative estimate of drug-likeness (QED) is 0.879. The van der Waals surface area contributed by atoms with Gasteiger partial charge in [-0.1, -0.05) is 0 Å². The highest BCUT2D eigenvalue weighted by Crippen LogP contribution is 2.32. The molecular formula is C13H16N2O2. The van der Waals surface area contributed by atoms with Crippen LogP contribution in [0.5, 0.6) is 11.5 Å². The molecule has 0 spiro atoms. The van der Waals surface area contributed by atoms with Crippen molar-refractivity contribution in [3.8, 4) is 11.5 Å². The minimum absolute atomic E-state index is 0.419. The van der Waals surface area contributed by atoms with Gasteiger partial charge in [0.2, 0.25) is 0 Å². The van der Waals surface area contributed by atoms with Gasteiger partial charge >= 0.3 is 0 Å². The largest absolute Gasteiger partial charge is 0.496 e. The van der Waals surface area contributed by atoms with E-state index in [9.17, 15) is 0 Å². The highest BCUT2D eigenvalue weighted by Gasteiger charge is 2.11.